The van der Waals surface area contributed by atoms with Crippen LogP contribution in [0.4, 0.5) is 0 Å². The minimum Gasteiger partial charge on any atom is -0.496 e. The molecule has 0 radical (unpaired) electrons. The van der Waals surface area contributed by atoms with E-state index in [0.29, 0.717) is 22.9 Å². The average molecular weight is 384 g/mol. The number of thioether (sulfide) groups is 1. The molecule has 0 fully saturated rings. The summed E-state index contributed by atoms with van der Waals surface area (Å²) in [5.41, 5.74) is 0.234. The molecule has 1 aliphatic heterocycles. The van der Waals surface area contributed by atoms with Gasteiger partial charge in [-0.05, 0) is 6.07 Å². The number of rotatable bonds is 6. The van der Waals surface area contributed by atoms with Crippen molar-refractivity contribution in [3.05, 3.63) is 40.4 Å². The van der Waals surface area contributed by atoms with Crippen molar-refractivity contribution in [1.29, 1.82) is 10.5 Å². The summed E-state index contributed by atoms with van der Waals surface area (Å²) in [7, 11) is 1.56. The van der Waals surface area contributed by atoms with Crippen LogP contribution >= 0.6 is 11.8 Å². The molecule has 0 bridgehead atoms. The van der Waals surface area contributed by atoms with E-state index in [9.17, 15) is 20.1 Å². The van der Waals surface area contributed by atoms with Gasteiger partial charge in [-0.15, -0.1) is 0 Å². The molecule has 1 atom stereocenters. The molecular formula is C19H20N4O3S. The summed E-state index contributed by atoms with van der Waals surface area (Å²) >= 11 is 1.07. The SMILES string of the molecule is COc1ccccc1CNC(=O)CSC1=C(C#N)C(C)(C)[C@H](C#N)C(=O)N1. The molecule has 1 heterocycles. The number of allylic oxidation sites excluding steroid dienone is 1. The number of para-hydroxylation sites is 1. The first-order chi connectivity index (χ1) is 12.8. The Balaban J connectivity index is 2.03. The van der Waals surface area contributed by atoms with Crippen molar-refractivity contribution in [2.45, 2.75) is 20.4 Å². The van der Waals surface area contributed by atoms with E-state index in [1.54, 1.807) is 21.0 Å². The average Bonchev–Trinajstić information content (AvgIpc) is 2.64. The third kappa shape index (κ3) is 4.42. The molecule has 1 aliphatic rings. The van der Waals surface area contributed by atoms with Crippen LogP contribution in [0.5, 0.6) is 5.75 Å². The Labute approximate surface area is 162 Å². The zero-order valence-electron chi connectivity index (χ0n) is 15.3. The van der Waals surface area contributed by atoms with Crippen LogP contribution in [0, 0.1) is 34.0 Å². The van der Waals surface area contributed by atoms with Gasteiger partial charge >= 0.3 is 0 Å². The van der Waals surface area contributed by atoms with Crippen LogP contribution in [0.15, 0.2) is 34.9 Å². The van der Waals surface area contributed by atoms with E-state index in [4.69, 9.17) is 4.74 Å². The van der Waals surface area contributed by atoms with Crippen molar-refractivity contribution < 1.29 is 14.3 Å². The molecule has 1 aromatic carbocycles. The molecule has 0 spiro atoms. The van der Waals surface area contributed by atoms with E-state index in [-0.39, 0.29) is 11.7 Å². The van der Waals surface area contributed by atoms with Crippen LogP contribution in [0.1, 0.15) is 19.4 Å². The molecule has 0 aliphatic carbocycles. The Hall–Kier alpha value is -2.97. The second-order valence-corrected chi connectivity index (χ2v) is 7.45. The van der Waals surface area contributed by atoms with Crippen LogP contribution in [0.2, 0.25) is 0 Å². The van der Waals surface area contributed by atoms with Crippen LogP contribution in [0.25, 0.3) is 0 Å². The number of benzene rings is 1. The highest BCUT2D eigenvalue weighted by molar-refractivity contribution is 8.03. The summed E-state index contributed by atoms with van der Waals surface area (Å²) in [5, 5.41) is 24.4. The summed E-state index contributed by atoms with van der Waals surface area (Å²) in [6, 6.07) is 11.4. The van der Waals surface area contributed by atoms with Crippen molar-refractivity contribution in [2.75, 3.05) is 12.9 Å². The maximum absolute atomic E-state index is 12.2. The highest BCUT2D eigenvalue weighted by Crippen LogP contribution is 2.41. The molecule has 2 amide bonds. The first-order valence-electron chi connectivity index (χ1n) is 8.21. The predicted molar refractivity (Wildman–Crippen MR) is 101 cm³/mol. The van der Waals surface area contributed by atoms with E-state index >= 15 is 0 Å². The number of nitrogens with zero attached hydrogens (tertiary/aromatic N) is 2. The van der Waals surface area contributed by atoms with Crippen molar-refractivity contribution in [1.82, 2.24) is 10.6 Å². The highest BCUT2D eigenvalue weighted by atomic mass is 32.2. The van der Waals surface area contributed by atoms with Gasteiger partial charge in [0, 0.05) is 17.5 Å². The number of ether oxygens (including phenoxy) is 1. The van der Waals surface area contributed by atoms with Gasteiger partial charge in [0.15, 0.2) is 0 Å². The third-order valence-electron chi connectivity index (χ3n) is 4.35. The lowest BCUT2D eigenvalue weighted by atomic mass is 9.72. The molecule has 27 heavy (non-hydrogen) atoms. The van der Waals surface area contributed by atoms with Gasteiger partial charge in [0.25, 0.3) is 0 Å². The maximum Gasteiger partial charge on any atom is 0.243 e. The second kappa shape index (κ2) is 8.61. The largest absolute Gasteiger partial charge is 0.496 e. The number of hydrogen-bond donors (Lipinski definition) is 2. The zero-order valence-corrected chi connectivity index (χ0v) is 16.1. The van der Waals surface area contributed by atoms with Crippen LogP contribution < -0.4 is 15.4 Å². The zero-order chi connectivity index (χ0) is 20.0. The summed E-state index contributed by atoms with van der Waals surface area (Å²) in [6.45, 7) is 3.67. The van der Waals surface area contributed by atoms with E-state index in [1.165, 1.54) is 0 Å². The number of carbonyl (C=O) groups excluding carboxylic acids is 2. The number of nitrogens with one attached hydrogen (secondary N) is 2. The van der Waals surface area contributed by atoms with Gasteiger partial charge in [-0.25, -0.2) is 0 Å². The molecule has 2 rings (SSSR count). The Bertz CT molecular complexity index is 864. The third-order valence-corrected chi connectivity index (χ3v) is 5.35. The van der Waals surface area contributed by atoms with Crippen molar-refractivity contribution in [2.24, 2.45) is 11.3 Å². The molecule has 8 heteroatoms. The molecule has 0 saturated carbocycles. The molecule has 1 aromatic rings. The fourth-order valence-corrected chi connectivity index (χ4v) is 3.77. The lowest BCUT2D eigenvalue weighted by Crippen LogP contribution is -2.44. The smallest absolute Gasteiger partial charge is 0.243 e. The number of carbonyl (C=O) groups is 2. The van der Waals surface area contributed by atoms with Crippen molar-refractivity contribution in [3.8, 4) is 17.9 Å². The fourth-order valence-electron chi connectivity index (χ4n) is 2.77. The maximum atomic E-state index is 12.2. The standard InChI is InChI=1S/C19H20N4O3S/c1-19(2)13(8-20)17(25)23-18(14(19)9-21)27-11-16(24)22-10-12-6-4-5-7-15(12)26-3/h4-7,13H,10-11H2,1-3H3,(H,22,24)(H,23,25)/t13-/m1/s1. The number of methoxy groups -OCH3 is 1. The summed E-state index contributed by atoms with van der Waals surface area (Å²) in [6.07, 6.45) is 0. The van der Waals surface area contributed by atoms with E-state index < -0.39 is 17.2 Å². The summed E-state index contributed by atoms with van der Waals surface area (Å²) in [5.74, 6) is -0.938. The van der Waals surface area contributed by atoms with Crippen molar-refractivity contribution >= 4 is 23.6 Å². The van der Waals surface area contributed by atoms with Gasteiger partial charge in [0.2, 0.25) is 11.8 Å². The van der Waals surface area contributed by atoms with Crippen LogP contribution in [-0.2, 0) is 16.1 Å². The molecule has 2 N–H and O–H groups in total. The van der Waals surface area contributed by atoms with E-state index in [2.05, 4.69) is 16.7 Å². The summed E-state index contributed by atoms with van der Waals surface area (Å²) in [4.78, 5) is 24.3. The van der Waals surface area contributed by atoms with Gasteiger partial charge in [0.1, 0.15) is 11.7 Å². The van der Waals surface area contributed by atoms with Gasteiger partial charge in [-0.1, -0.05) is 43.8 Å². The molecule has 7 nitrogen and oxygen atoms in total. The first kappa shape index (κ1) is 20.3. The Morgan fingerprint density at radius 3 is 2.70 bits per heavy atom. The Morgan fingerprint density at radius 2 is 2.07 bits per heavy atom. The highest BCUT2D eigenvalue weighted by Gasteiger charge is 2.44. The van der Waals surface area contributed by atoms with Gasteiger partial charge < -0.3 is 15.4 Å². The van der Waals surface area contributed by atoms with Gasteiger partial charge in [-0.3, -0.25) is 9.59 Å². The predicted octanol–water partition coefficient (Wildman–Crippen LogP) is 2.08. The lowest BCUT2D eigenvalue weighted by Gasteiger charge is -2.34. The molecular weight excluding hydrogens is 364 g/mol. The van der Waals surface area contributed by atoms with Gasteiger partial charge in [-0.2, -0.15) is 10.5 Å². The van der Waals surface area contributed by atoms with Crippen LogP contribution in [-0.4, -0.2) is 24.7 Å². The first-order valence-corrected chi connectivity index (χ1v) is 9.20. The van der Waals surface area contributed by atoms with E-state index in [1.807, 2.05) is 30.3 Å². The normalized spacial score (nSPS) is 18.1. The lowest BCUT2D eigenvalue weighted by molar-refractivity contribution is -0.125. The monoisotopic (exact) mass is 384 g/mol. The quantitative estimate of drug-likeness (QED) is 0.776. The Kier molecular flexibility index (Phi) is 6.49. The molecule has 0 saturated heterocycles. The number of amides is 2. The number of nitriles is 2. The second-order valence-electron chi connectivity index (χ2n) is 6.47. The van der Waals surface area contributed by atoms with E-state index in [0.717, 1.165) is 17.3 Å². The summed E-state index contributed by atoms with van der Waals surface area (Å²) < 4.78 is 5.24. The Morgan fingerprint density at radius 1 is 1.37 bits per heavy atom. The molecule has 140 valence electrons. The minimum absolute atomic E-state index is 0.0310. The van der Waals surface area contributed by atoms with Crippen molar-refractivity contribution in [3.63, 3.8) is 0 Å². The fraction of sp³-hybridized carbons (Fsp3) is 0.368. The topological polar surface area (TPSA) is 115 Å². The molecule has 0 aromatic heterocycles. The van der Waals surface area contributed by atoms with Gasteiger partial charge in [0.05, 0.1) is 35.6 Å². The number of hydrogen-bond acceptors (Lipinski definition) is 6. The minimum atomic E-state index is -0.948. The molecule has 0 unspecified atom stereocenters. The van der Waals surface area contributed by atoms with Crippen LogP contribution in [0.3, 0.4) is 0 Å².